The molecule has 2 amide bonds. The summed E-state index contributed by atoms with van der Waals surface area (Å²) < 4.78 is 10.5. The highest BCUT2D eigenvalue weighted by Gasteiger charge is 2.21. The van der Waals surface area contributed by atoms with Crippen LogP contribution in [0.25, 0.3) is 0 Å². The summed E-state index contributed by atoms with van der Waals surface area (Å²) in [6.45, 7) is 3.03. The predicted molar refractivity (Wildman–Crippen MR) is 101 cm³/mol. The second kappa shape index (κ2) is 7.91. The quantitative estimate of drug-likeness (QED) is 0.897. The molecule has 0 unspecified atom stereocenters. The summed E-state index contributed by atoms with van der Waals surface area (Å²) in [7, 11) is 3.18. The third kappa shape index (κ3) is 3.96. The molecular weight excluding hydrogens is 330 g/mol. The number of aryl methyl sites for hydroxylation is 1. The Kier molecular flexibility index (Phi) is 5.41. The molecule has 0 aliphatic carbocycles. The zero-order valence-electron chi connectivity index (χ0n) is 15.3. The molecular formula is C20H23N3O3. The maximum absolute atomic E-state index is 12.4. The lowest BCUT2D eigenvalue weighted by molar-refractivity contribution is 0.205. The van der Waals surface area contributed by atoms with E-state index in [2.05, 4.69) is 22.6 Å². The molecule has 6 nitrogen and oxygen atoms in total. The Morgan fingerprint density at radius 2 is 1.85 bits per heavy atom. The molecule has 0 atom stereocenters. The van der Waals surface area contributed by atoms with Crippen molar-refractivity contribution in [1.82, 2.24) is 10.3 Å². The standard InChI is InChI=1S/C20H23N3O3/c1-14-4-7-16(8-5-14)17-10-11-23(22-17)20(24)21-13-15-6-9-18(25-2)19(12-15)26-3/h4-9,12H,10-11,13H2,1-3H3,(H,21,24). The number of methoxy groups -OCH3 is 2. The summed E-state index contributed by atoms with van der Waals surface area (Å²) in [6.07, 6.45) is 0.757. The summed E-state index contributed by atoms with van der Waals surface area (Å²) in [5.74, 6) is 1.30. The zero-order valence-corrected chi connectivity index (χ0v) is 15.3. The fourth-order valence-corrected chi connectivity index (χ4v) is 2.81. The van der Waals surface area contributed by atoms with Crippen LogP contribution in [0.2, 0.25) is 0 Å². The number of hydrazone groups is 1. The van der Waals surface area contributed by atoms with E-state index in [-0.39, 0.29) is 6.03 Å². The minimum Gasteiger partial charge on any atom is -0.493 e. The molecule has 2 aromatic rings. The van der Waals surface area contributed by atoms with Crippen LogP contribution in [0.4, 0.5) is 4.79 Å². The van der Waals surface area contributed by atoms with Crippen molar-refractivity contribution in [3.05, 3.63) is 59.2 Å². The van der Waals surface area contributed by atoms with Gasteiger partial charge in [0.15, 0.2) is 11.5 Å². The van der Waals surface area contributed by atoms with Crippen LogP contribution in [0.15, 0.2) is 47.6 Å². The molecule has 0 bridgehead atoms. The summed E-state index contributed by atoms with van der Waals surface area (Å²) in [5, 5.41) is 8.83. The first-order valence-corrected chi connectivity index (χ1v) is 8.51. The van der Waals surface area contributed by atoms with E-state index in [1.54, 1.807) is 14.2 Å². The molecule has 1 heterocycles. The number of carbonyl (C=O) groups is 1. The first-order chi connectivity index (χ1) is 12.6. The van der Waals surface area contributed by atoms with Crippen molar-refractivity contribution < 1.29 is 14.3 Å². The maximum Gasteiger partial charge on any atom is 0.338 e. The van der Waals surface area contributed by atoms with Gasteiger partial charge in [-0.1, -0.05) is 35.9 Å². The molecule has 1 N–H and O–H groups in total. The Morgan fingerprint density at radius 3 is 2.54 bits per heavy atom. The van der Waals surface area contributed by atoms with Gasteiger partial charge in [0, 0.05) is 13.0 Å². The molecule has 6 heteroatoms. The monoisotopic (exact) mass is 353 g/mol. The van der Waals surface area contributed by atoms with Crippen molar-refractivity contribution in [2.75, 3.05) is 20.8 Å². The average Bonchev–Trinajstić information content (AvgIpc) is 3.16. The molecule has 2 aromatic carbocycles. The van der Waals surface area contributed by atoms with E-state index in [1.165, 1.54) is 10.6 Å². The minimum absolute atomic E-state index is 0.207. The number of amides is 2. The molecule has 0 fully saturated rings. The van der Waals surface area contributed by atoms with Gasteiger partial charge in [0.25, 0.3) is 0 Å². The Hall–Kier alpha value is -3.02. The van der Waals surface area contributed by atoms with Gasteiger partial charge in [0.1, 0.15) is 0 Å². The fraction of sp³-hybridized carbons (Fsp3) is 0.300. The maximum atomic E-state index is 12.4. The molecule has 1 aliphatic rings. The number of hydrogen-bond donors (Lipinski definition) is 1. The molecule has 0 saturated carbocycles. The molecule has 0 saturated heterocycles. The van der Waals surface area contributed by atoms with Crippen LogP contribution >= 0.6 is 0 Å². The van der Waals surface area contributed by atoms with Gasteiger partial charge in [0.05, 0.1) is 26.5 Å². The third-order valence-corrected chi connectivity index (χ3v) is 4.31. The number of nitrogens with zero attached hydrogens (tertiary/aromatic N) is 2. The summed E-state index contributed by atoms with van der Waals surface area (Å²) in [5.41, 5.74) is 4.13. The number of hydrogen-bond acceptors (Lipinski definition) is 4. The van der Waals surface area contributed by atoms with Crippen LogP contribution in [0.1, 0.15) is 23.1 Å². The van der Waals surface area contributed by atoms with E-state index in [4.69, 9.17) is 9.47 Å². The molecule has 0 aromatic heterocycles. The lowest BCUT2D eigenvalue weighted by Gasteiger charge is -2.14. The molecule has 26 heavy (non-hydrogen) atoms. The van der Waals surface area contributed by atoms with E-state index in [9.17, 15) is 4.79 Å². The predicted octanol–water partition coefficient (Wildman–Crippen LogP) is 3.33. The number of rotatable bonds is 5. The summed E-state index contributed by atoms with van der Waals surface area (Å²) in [4.78, 5) is 12.4. The van der Waals surface area contributed by atoms with Crippen molar-refractivity contribution >= 4 is 11.7 Å². The van der Waals surface area contributed by atoms with E-state index in [0.717, 1.165) is 23.3 Å². The lowest BCUT2D eigenvalue weighted by Crippen LogP contribution is -2.34. The number of benzene rings is 2. The van der Waals surface area contributed by atoms with Gasteiger partial charge in [0.2, 0.25) is 0 Å². The van der Waals surface area contributed by atoms with Crippen molar-refractivity contribution in [2.24, 2.45) is 5.10 Å². The lowest BCUT2D eigenvalue weighted by atomic mass is 10.1. The van der Waals surface area contributed by atoms with E-state index < -0.39 is 0 Å². The smallest absolute Gasteiger partial charge is 0.338 e. The highest BCUT2D eigenvalue weighted by atomic mass is 16.5. The van der Waals surface area contributed by atoms with Crippen LogP contribution in [-0.4, -0.2) is 37.5 Å². The Labute approximate surface area is 153 Å². The zero-order chi connectivity index (χ0) is 18.5. The van der Waals surface area contributed by atoms with E-state index >= 15 is 0 Å². The second-order valence-electron chi connectivity index (χ2n) is 6.13. The van der Waals surface area contributed by atoms with Gasteiger partial charge >= 0.3 is 6.03 Å². The normalized spacial score (nSPS) is 13.3. The number of ether oxygens (including phenoxy) is 2. The Bertz CT molecular complexity index is 816. The van der Waals surface area contributed by atoms with Crippen molar-refractivity contribution in [2.45, 2.75) is 19.9 Å². The SMILES string of the molecule is COc1ccc(CNC(=O)N2CCC(c3ccc(C)cc3)=N2)cc1OC. The Morgan fingerprint density at radius 1 is 1.12 bits per heavy atom. The van der Waals surface area contributed by atoms with Gasteiger partial charge in [-0.3, -0.25) is 0 Å². The summed E-state index contributed by atoms with van der Waals surface area (Å²) in [6, 6.07) is 13.6. The highest BCUT2D eigenvalue weighted by Crippen LogP contribution is 2.27. The average molecular weight is 353 g/mol. The number of urea groups is 1. The number of nitrogens with one attached hydrogen (secondary N) is 1. The highest BCUT2D eigenvalue weighted by molar-refractivity contribution is 6.02. The topological polar surface area (TPSA) is 63.2 Å². The van der Waals surface area contributed by atoms with Crippen molar-refractivity contribution in [3.63, 3.8) is 0 Å². The van der Waals surface area contributed by atoms with Crippen LogP contribution in [-0.2, 0) is 6.54 Å². The molecule has 136 valence electrons. The van der Waals surface area contributed by atoms with Crippen LogP contribution in [0.5, 0.6) is 11.5 Å². The molecule has 3 rings (SSSR count). The van der Waals surface area contributed by atoms with E-state index in [1.807, 2.05) is 37.3 Å². The third-order valence-electron chi connectivity index (χ3n) is 4.31. The largest absolute Gasteiger partial charge is 0.493 e. The molecule has 0 radical (unpaired) electrons. The van der Waals surface area contributed by atoms with Crippen LogP contribution in [0.3, 0.4) is 0 Å². The van der Waals surface area contributed by atoms with Crippen molar-refractivity contribution in [3.8, 4) is 11.5 Å². The van der Waals surface area contributed by atoms with Gasteiger partial charge in [-0.2, -0.15) is 5.10 Å². The van der Waals surface area contributed by atoms with Gasteiger partial charge in [-0.05, 0) is 30.2 Å². The molecule has 1 aliphatic heterocycles. The molecule has 0 spiro atoms. The van der Waals surface area contributed by atoms with Gasteiger partial charge in [-0.15, -0.1) is 0 Å². The Balaban J connectivity index is 1.61. The van der Waals surface area contributed by atoms with E-state index in [0.29, 0.717) is 24.6 Å². The minimum atomic E-state index is -0.207. The fourth-order valence-electron chi connectivity index (χ4n) is 2.81. The van der Waals surface area contributed by atoms with Crippen molar-refractivity contribution in [1.29, 1.82) is 0 Å². The summed E-state index contributed by atoms with van der Waals surface area (Å²) >= 11 is 0. The second-order valence-corrected chi connectivity index (χ2v) is 6.13. The first-order valence-electron chi connectivity index (χ1n) is 8.51. The number of carbonyl (C=O) groups excluding carboxylic acids is 1. The van der Waals surface area contributed by atoms with Crippen LogP contribution < -0.4 is 14.8 Å². The van der Waals surface area contributed by atoms with Gasteiger partial charge < -0.3 is 14.8 Å². The first kappa shape index (κ1) is 17.8. The van der Waals surface area contributed by atoms with Crippen LogP contribution in [0, 0.1) is 6.92 Å². The van der Waals surface area contributed by atoms with Gasteiger partial charge in [-0.25, -0.2) is 9.80 Å².